The number of nitrogens with two attached hydrogens (primary N) is 1. The first-order valence-corrected chi connectivity index (χ1v) is 6.54. The van der Waals surface area contributed by atoms with E-state index in [-0.39, 0.29) is 5.84 Å². The van der Waals surface area contributed by atoms with E-state index in [4.69, 9.17) is 22.5 Å². The minimum absolute atomic E-state index is 0.0695. The average molecular weight is 270 g/mol. The molecule has 0 atom stereocenters. The monoisotopic (exact) mass is 269 g/mol. The molecule has 0 bridgehead atoms. The summed E-state index contributed by atoms with van der Waals surface area (Å²) in [6.07, 6.45) is 2.28. The molecular formula is C13H20ClN3O. The van der Waals surface area contributed by atoms with Gasteiger partial charge in [0.05, 0.1) is 10.7 Å². The lowest BCUT2D eigenvalue weighted by Gasteiger charge is -2.24. The summed E-state index contributed by atoms with van der Waals surface area (Å²) in [4.78, 5) is 2.22. The van der Waals surface area contributed by atoms with Gasteiger partial charge in [-0.1, -0.05) is 30.1 Å². The molecule has 4 nitrogen and oxygen atoms in total. The molecule has 1 aromatic carbocycles. The van der Waals surface area contributed by atoms with Crippen molar-refractivity contribution >= 4 is 23.1 Å². The van der Waals surface area contributed by atoms with Crippen LogP contribution in [0, 0.1) is 0 Å². The fourth-order valence-electron chi connectivity index (χ4n) is 1.78. The van der Waals surface area contributed by atoms with Gasteiger partial charge in [0.15, 0.2) is 5.84 Å². The van der Waals surface area contributed by atoms with Gasteiger partial charge in [-0.15, -0.1) is 0 Å². The average Bonchev–Trinajstić information content (AvgIpc) is 2.40. The minimum Gasteiger partial charge on any atom is -0.409 e. The second kappa shape index (κ2) is 7.11. The van der Waals surface area contributed by atoms with Crippen molar-refractivity contribution in [3.63, 3.8) is 0 Å². The maximum absolute atomic E-state index is 8.63. The number of amidine groups is 1. The summed E-state index contributed by atoms with van der Waals surface area (Å²) < 4.78 is 0. The number of unbranched alkanes of at least 4 members (excludes halogenated alkanes) is 1. The van der Waals surface area contributed by atoms with E-state index in [1.807, 2.05) is 12.1 Å². The van der Waals surface area contributed by atoms with Gasteiger partial charge in [0.1, 0.15) is 0 Å². The van der Waals surface area contributed by atoms with Gasteiger partial charge in [-0.2, -0.15) is 0 Å². The van der Waals surface area contributed by atoms with Gasteiger partial charge >= 0.3 is 0 Å². The Bertz CT molecular complexity index is 421. The van der Waals surface area contributed by atoms with Crippen molar-refractivity contribution in [2.24, 2.45) is 10.9 Å². The van der Waals surface area contributed by atoms with Crippen LogP contribution in [0.15, 0.2) is 23.4 Å². The van der Waals surface area contributed by atoms with E-state index in [1.54, 1.807) is 6.07 Å². The Kier molecular flexibility index (Phi) is 5.78. The maximum atomic E-state index is 8.63. The van der Waals surface area contributed by atoms with Crippen LogP contribution in [0.4, 0.5) is 5.69 Å². The Hall–Kier alpha value is -1.42. The van der Waals surface area contributed by atoms with Crippen LogP contribution in [0.3, 0.4) is 0 Å². The van der Waals surface area contributed by atoms with Gasteiger partial charge in [-0.3, -0.25) is 0 Å². The second-order valence-corrected chi connectivity index (χ2v) is 4.49. The third-order valence-electron chi connectivity index (χ3n) is 2.86. The number of oxime groups is 1. The topological polar surface area (TPSA) is 61.8 Å². The summed E-state index contributed by atoms with van der Waals surface area (Å²) in [6, 6.07) is 5.44. The van der Waals surface area contributed by atoms with Crippen molar-refractivity contribution in [2.45, 2.75) is 26.7 Å². The lowest BCUT2D eigenvalue weighted by atomic mass is 10.1. The molecular weight excluding hydrogens is 250 g/mol. The predicted octanol–water partition coefficient (Wildman–Crippen LogP) is 3.06. The zero-order valence-electron chi connectivity index (χ0n) is 10.9. The molecule has 0 aromatic heterocycles. The standard InChI is InChI=1S/C13H20ClN3O/c1-3-5-8-17(4-2)12-7-6-10(9-11(12)14)13(15)16-18/h6-7,9,18H,3-5,8H2,1-2H3,(H2,15,16). The summed E-state index contributed by atoms with van der Waals surface area (Å²) in [5, 5.41) is 12.2. The molecule has 3 N–H and O–H groups in total. The second-order valence-electron chi connectivity index (χ2n) is 4.08. The predicted molar refractivity (Wildman–Crippen MR) is 76.8 cm³/mol. The van der Waals surface area contributed by atoms with Crippen LogP contribution in [0.5, 0.6) is 0 Å². The van der Waals surface area contributed by atoms with Crippen molar-refractivity contribution in [3.8, 4) is 0 Å². The van der Waals surface area contributed by atoms with Crippen LogP contribution in [-0.4, -0.2) is 24.1 Å². The van der Waals surface area contributed by atoms with Crippen LogP contribution in [0.25, 0.3) is 0 Å². The molecule has 1 aromatic rings. The van der Waals surface area contributed by atoms with Gasteiger partial charge in [-0.25, -0.2) is 0 Å². The zero-order chi connectivity index (χ0) is 13.5. The molecule has 0 aliphatic rings. The molecule has 18 heavy (non-hydrogen) atoms. The number of benzene rings is 1. The Balaban J connectivity index is 2.96. The summed E-state index contributed by atoms with van der Waals surface area (Å²) >= 11 is 6.25. The molecule has 0 aliphatic heterocycles. The summed E-state index contributed by atoms with van der Waals surface area (Å²) in [7, 11) is 0. The first-order valence-electron chi connectivity index (χ1n) is 6.16. The highest BCUT2D eigenvalue weighted by Crippen LogP contribution is 2.27. The summed E-state index contributed by atoms with van der Waals surface area (Å²) in [5.41, 5.74) is 7.14. The molecule has 0 saturated heterocycles. The number of rotatable bonds is 6. The van der Waals surface area contributed by atoms with E-state index in [2.05, 4.69) is 23.9 Å². The zero-order valence-corrected chi connectivity index (χ0v) is 11.6. The number of halogens is 1. The van der Waals surface area contributed by atoms with E-state index in [9.17, 15) is 0 Å². The highest BCUT2D eigenvalue weighted by atomic mass is 35.5. The first-order chi connectivity index (χ1) is 8.63. The summed E-state index contributed by atoms with van der Waals surface area (Å²) in [5.74, 6) is 0.0695. The molecule has 0 unspecified atom stereocenters. The van der Waals surface area contributed by atoms with Crippen molar-refractivity contribution in [2.75, 3.05) is 18.0 Å². The lowest BCUT2D eigenvalue weighted by Crippen LogP contribution is -2.24. The maximum Gasteiger partial charge on any atom is 0.170 e. The largest absolute Gasteiger partial charge is 0.409 e. The number of anilines is 1. The molecule has 0 spiro atoms. The first kappa shape index (κ1) is 14.6. The summed E-state index contributed by atoms with van der Waals surface area (Å²) in [6.45, 7) is 6.15. The van der Waals surface area contributed by atoms with E-state index in [0.29, 0.717) is 10.6 Å². The van der Waals surface area contributed by atoms with Crippen LogP contribution in [0.1, 0.15) is 32.3 Å². The Morgan fingerprint density at radius 1 is 1.44 bits per heavy atom. The normalized spacial score (nSPS) is 11.6. The van der Waals surface area contributed by atoms with Gasteiger partial charge in [0, 0.05) is 18.7 Å². The highest BCUT2D eigenvalue weighted by molar-refractivity contribution is 6.33. The van der Waals surface area contributed by atoms with Crippen LogP contribution in [0.2, 0.25) is 5.02 Å². The molecule has 5 heteroatoms. The Morgan fingerprint density at radius 3 is 2.67 bits per heavy atom. The molecule has 100 valence electrons. The molecule has 0 amide bonds. The number of hydrogen-bond acceptors (Lipinski definition) is 3. The number of nitrogens with zero attached hydrogens (tertiary/aromatic N) is 2. The molecule has 0 saturated carbocycles. The van der Waals surface area contributed by atoms with Crippen LogP contribution < -0.4 is 10.6 Å². The fourth-order valence-corrected chi connectivity index (χ4v) is 2.08. The lowest BCUT2D eigenvalue weighted by molar-refractivity contribution is 0.318. The Morgan fingerprint density at radius 2 is 2.17 bits per heavy atom. The van der Waals surface area contributed by atoms with E-state index in [0.717, 1.165) is 31.6 Å². The van der Waals surface area contributed by atoms with Crippen molar-refractivity contribution in [1.82, 2.24) is 0 Å². The molecule has 0 fully saturated rings. The van der Waals surface area contributed by atoms with E-state index >= 15 is 0 Å². The van der Waals surface area contributed by atoms with Gasteiger partial charge in [0.25, 0.3) is 0 Å². The van der Waals surface area contributed by atoms with Crippen LogP contribution in [-0.2, 0) is 0 Å². The van der Waals surface area contributed by atoms with Crippen molar-refractivity contribution in [3.05, 3.63) is 28.8 Å². The molecule has 0 radical (unpaired) electrons. The number of hydrogen-bond donors (Lipinski definition) is 2. The van der Waals surface area contributed by atoms with Gasteiger partial charge in [0.2, 0.25) is 0 Å². The molecule has 1 rings (SSSR count). The fraction of sp³-hybridized carbons (Fsp3) is 0.462. The van der Waals surface area contributed by atoms with E-state index in [1.165, 1.54) is 0 Å². The van der Waals surface area contributed by atoms with Gasteiger partial charge < -0.3 is 15.8 Å². The van der Waals surface area contributed by atoms with Gasteiger partial charge in [-0.05, 0) is 31.5 Å². The quantitative estimate of drug-likeness (QED) is 0.361. The third kappa shape index (κ3) is 3.53. The highest BCUT2D eigenvalue weighted by Gasteiger charge is 2.10. The van der Waals surface area contributed by atoms with E-state index < -0.39 is 0 Å². The Labute approximate surface area is 113 Å². The smallest absolute Gasteiger partial charge is 0.170 e. The molecule has 0 aliphatic carbocycles. The molecule has 0 heterocycles. The SMILES string of the molecule is CCCCN(CC)c1ccc(C(N)=NO)cc1Cl. The van der Waals surface area contributed by atoms with Crippen LogP contribution >= 0.6 is 11.6 Å². The third-order valence-corrected chi connectivity index (χ3v) is 3.16. The van der Waals surface area contributed by atoms with Crippen molar-refractivity contribution in [1.29, 1.82) is 0 Å². The van der Waals surface area contributed by atoms with Crippen molar-refractivity contribution < 1.29 is 5.21 Å². The minimum atomic E-state index is 0.0695.